The van der Waals surface area contributed by atoms with Crippen molar-refractivity contribution in [1.29, 1.82) is 0 Å². The Bertz CT molecular complexity index is 439. The SMILES string of the molecule is CC(C)(C)OCCCCCOCC1COc2ccccc2O1. The highest BCUT2D eigenvalue weighted by Crippen LogP contribution is 2.30. The number of ether oxygens (including phenoxy) is 4. The third kappa shape index (κ3) is 6.24. The van der Waals surface area contributed by atoms with Crippen LogP contribution in [0.25, 0.3) is 0 Å². The summed E-state index contributed by atoms with van der Waals surface area (Å²) < 4.78 is 22.9. The van der Waals surface area contributed by atoms with E-state index in [0.717, 1.165) is 44.0 Å². The molecule has 22 heavy (non-hydrogen) atoms. The standard InChI is InChI=1S/C18H28O4/c1-18(2,3)21-12-8-4-7-11-19-13-15-14-20-16-9-5-6-10-17(16)22-15/h5-6,9-10,15H,4,7-8,11-14H2,1-3H3. The molecule has 0 bridgehead atoms. The van der Waals surface area contributed by atoms with Crippen molar-refractivity contribution < 1.29 is 18.9 Å². The van der Waals surface area contributed by atoms with Gasteiger partial charge in [-0.15, -0.1) is 0 Å². The summed E-state index contributed by atoms with van der Waals surface area (Å²) in [6.45, 7) is 8.96. The van der Waals surface area contributed by atoms with Crippen LogP contribution in [0.4, 0.5) is 0 Å². The lowest BCUT2D eigenvalue weighted by Gasteiger charge is -2.26. The molecule has 1 aromatic carbocycles. The summed E-state index contributed by atoms with van der Waals surface area (Å²) in [6.07, 6.45) is 3.24. The van der Waals surface area contributed by atoms with E-state index in [1.165, 1.54) is 0 Å². The van der Waals surface area contributed by atoms with Gasteiger partial charge in [-0.3, -0.25) is 0 Å². The van der Waals surface area contributed by atoms with Crippen LogP contribution in [-0.2, 0) is 9.47 Å². The Labute approximate surface area is 133 Å². The van der Waals surface area contributed by atoms with Crippen LogP contribution in [0.3, 0.4) is 0 Å². The lowest BCUT2D eigenvalue weighted by Crippen LogP contribution is -2.33. The summed E-state index contributed by atoms with van der Waals surface area (Å²) in [5, 5.41) is 0. The molecule has 0 amide bonds. The molecule has 0 radical (unpaired) electrons. The molecule has 1 aliphatic heterocycles. The Morgan fingerprint density at radius 1 is 1.05 bits per heavy atom. The van der Waals surface area contributed by atoms with Crippen LogP contribution in [0.2, 0.25) is 0 Å². The predicted molar refractivity (Wildman–Crippen MR) is 86.7 cm³/mol. The third-order valence-electron chi connectivity index (χ3n) is 3.34. The van der Waals surface area contributed by atoms with Gasteiger partial charge in [0.05, 0.1) is 12.2 Å². The molecule has 0 N–H and O–H groups in total. The fraction of sp³-hybridized carbons (Fsp3) is 0.667. The van der Waals surface area contributed by atoms with E-state index >= 15 is 0 Å². The Balaban J connectivity index is 1.50. The van der Waals surface area contributed by atoms with E-state index in [-0.39, 0.29) is 11.7 Å². The predicted octanol–water partition coefficient (Wildman–Crippen LogP) is 3.83. The molecule has 1 unspecified atom stereocenters. The van der Waals surface area contributed by atoms with Gasteiger partial charge in [0.25, 0.3) is 0 Å². The fourth-order valence-corrected chi connectivity index (χ4v) is 2.22. The van der Waals surface area contributed by atoms with Crippen molar-refractivity contribution in [1.82, 2.24) is 0 Å². The average molecular weight is 308 g/mol. The van der Waals surface area contributed by atoms with Crippen LogP contribution in [0.5, 0.6) is 11.5 Å². The molecule has 0 fully saturated rings. The summed E-state index contributed by atoms with van der Waals surface area (Å²) in [5.41, 5.74) is -0.0366. The minimum atomic E-state index is -0.0366. The second kappa shape index (κ2) is 8.39. The smallest absolute Gasteiger partial charge is 0.161 e. The van der Waals surface area contributed by atoms with Crippen molar-refractivity contribution in [2.24, 2.45) is 0 Å². The van der Waals surface area contributed by atoms with E-state index in [0.29, 0.717) is 13.2 Å². The third-order valence-corrected chi connectivity index (χ3v) is 3.34. The zero-order chi connectivity index (χ0) is 15.8. The van der Waals surface area contributed by atoms with Gasteiger partial charge < -0.3 is 18.9 Å². The molecule has 1 aliphatic rings. The number of unbranched alkanes of at least 4 members (excludes halogenated alkanes) is 2. The summed E-state index contributed by atoms with van der Waals surface area (Å²) >= 11 is 0. The first-order valence-electron chi connectivity index (χ1n) is 8.15. The zero-order valence-electron chi connectivity index (χ0n) is 14.0. The van der Waals surface area contributed by atoms with Crippen LogP contribution in [0, 0.1) is 0 Å². The van der Waals surface area contributed by atoms with E-state index in [1.807, 2.05) is 24.3 Å². The summed E-state index contributed by atoms with van der Waals surface area (Å²) in [6, 6.07) is 7.75. The first-order valence-corrected chi connectivity index (χ1v) is 8.15. The molecule has 124 valence electrons. The number of hydrogen-bond donors (Lipinski definition) is 0. The summed E-state index contributed by atoms with van der Waals surface area (Å²) in [5.74, 6) is 1.62. The lowest BCUT2D eigenvalue weighted by molar-refractivity contribution is -0.00768. The fourth-order valence-electron chi connectivity index (χ4n) is 2.22. The van der Waals surface area contributed by atoms with Gasteiger partial charge >= 0.3 is 0 Å². The molecule has 1 aromatic rings. The topological polar surface area (TPSA) is 36.9 Å². The van der Waals surface area contributed by atoms with Gasteiger partial charge in [0.1, 0.15) is 6.61 Å². The Morgan fingerprint density at radius 3 is 2.55 bits per heavy atom. The normalized spacial score (nSPS) is 17.5. The maximum atomic E-state index is 5.84. The molecule has 0 aromatic heterocycles. The van der Waals surface area contributed by atoms with Gasteiger partial charge in [-0.1, -0.05) is 12.1 Å². The number of benzene rings is 1. The van der Waals surface area contributed by atoms with Gasteiger partial charge in [0, 0.05) is 13.2 Å². The molecule has 0 saturated heterocycles. The van der Waals surface area contributed by atoms with E-state index in [9.17, 15) is 0 Å². The second-order valence-corrected chi connectivity index (χ2v) is 6.59. The Morgan fingerprint density at radius 2 is 1.77 bits per heavy atom. The summed E-state index contributed by atoms with van der Waals surface area (Å²) in [4.78, 5) is 0. The number of hydrogen-bond acceptors (Lipinski definition) is 4. The van der Waals surface area contributed by atoms with Gasteiger partial charge in [0.15, 0.2) is 17.6 Å². The molecular formula is C18H28O4. The number of rotatable bonds is 8. The van der Waals surface area contributed by atoms with Crippen molar-refractivity contribution in [2.45, 2.75) is 51.7 Å². The molecule has 1 heterocycles. The molecule has 0 saturated carbocycles. The lowest BCUT2D eigenvalue weighted by atomic mass is 10.2. The second-order valence-electron chi connectivity index (χ2n) is 6.59. The first-order chi connectivity index (χ1) is 10.5. The Hall–Kier alpha value is -1.26. The monoisotopic (exact) mass is 308 g/mol. The van der Waals surface area contributed by atoms with Gasteiger partial charge in [-0.2, -0.15) is 0 Å². The first kappa shape index (κ1) is 17.1. The molecule has 4 heteroatoms. The molecular weight excluding hydrogens is 280 g/mol. The van der Waals surface area contributed by atoms with E-state index in [2.05, 4.69) is 20.8 Å². The maximum absolute atomic E-state index is 5.84. The largest absolute Gasteiger partial charge is 0.486 e. The minimum absolute atomic E-state index is 0.0147. The molecule has 4 nitrogen and oxygen atoms in total. The van der Waals surface area contributed by atoms with E-state index in [4.69, 9.17) is 18.9 Å². The van der Waals surface area contributed by atoms with Crippen molar-refractivity contribution in [3.8, 4) is 11.5 Å². The zero-order valence-corrected chi connectivity index (χ0v) is 14.0. The van der Waals surface area contributed by atoms with Crippen molar-refractivity contribution in [3.63, 3.8) is 0 Å². The molecule has 0 aliphatic carbocycles. The van der Waals surface area contributed by atoms with Crippen molar-refractivity contribution in [3.05, 3.63) is 24.3 Å². The molecule has 1 atom stereocenters. The van der Waals surface area contributed by atoms with Crippen molar-refractivity contribution in [2.75, 3.05) is 26.4 Å². The van der Waals surface area contributed by atoms with Gasteiger partial charge in [-0.25, -0.2) is 0 Å². The van der Waals surface area contributed by atoms with Crippen LogP contribution >= 0.6 is 0 Å². The highest BCUT2D eigenvalue weighted by molar-refractivity contribution is 5.40. The average Bonchev–Trinajstić information content (AvgIpc) is 2.48. The van der Waals surface area contributed by atoms with Gasteiger partial charge in [0.2, 0.25) is 0 Å². The van der Waals surface area contributed by atoms with Crippen LogP contribution < -0.4 is 9.47 Å². The van der Waals surface area contributed by atoms with E-state index < -0.39 is 0 Å². The number of para-hydroxylation sites is 2. The van der Waals surface area contributed by atoms with Crippen LogP contribution in [0.1, 0.15) is 40.0 Å². The quantitative estimate of drug-likeness (QED) is 0.684. The maximum Gasteiger partial charge on any atom is 0.161 e. The molecule has 2 rings (SSSR count). The highest BCUT2D eigenvalue weighted by Gasteiger charge is 2.20. The van der Waals surface area contributed by atoms with Crippen LogP contribution in [-0.4, -0.2) is 38.1 Å². The number of fused-ring (bicyclic) bond motifs is 1. The highest BCUT2D eigenvalue weighted by atomic mass is 16.6. The van der Waals surface area contributed by atoms with Crippen molar-refractivity contribution >= 4 is 0 Å². The van der Waals surface area contributed by atoms with Crippen LogP contribution in [0.15, 0.2) is 24.3 Å². The molecule has 0 spiro atoms. The van der Waals surface area contributed by atoms with E-state index in [1.54, 1.807) is 0 Å². The minimum Gasteiger partial charge on any atom is -0.486 e. The summed E-state index contributed by atoms with van der Waals surface area (Å²) in [7, 11) is 0. The Kier molecular flexibility index (Phi) is 6.52. The van der Waals surface area contributed by atoms with Gasteiger partial charge in [-0.05, 0) is 52.2 Å².